The SMILES string of the molecule is CCOC(=O)c1ccc2c(c1)nc(-c1ccc3nc(C(=O)NCc4ccc(Cl)cc4)ccc3c1)n2C1CCCCC1. The van der Waals surface area contributed by atoms with Gasteiger partial charge >= 0.3 is 5.97 Å². The predicted octanol–water partition coefficient (Wildman–Crippen LogP) is 7.52. The molecule has 1 aliphatic rings. The number of nitrogens with one attached hydrogen (secondary N) is 1. The zero-order valence-corrected chi connectivity index (χ0v) is 23.7. The van der Waals surface area contributed by atoms with Crippen molar-refractivity contribution in [2.75, 3.05) is 6.61 Å². The molecule has 1 fully saturated rings. The maximum absolute atomic E-state index is 12.8. The molecule has 3 aromatic carbocycles. The number of halogens is 1. The number of nitrogens with zero attached hydrogens (tertiary/aromatic N) is 3. The number of rotatable bonds is 7. The molecule has 0 unspecified atom stereocenters. The molecule has 6 rings (SSSR count). The summed E-state index contributed by atoms with van der Waals surface area (Å²) >= 11 is 5.95. The van der Waals surface area contributed by atoms with Crippen molar-refractivity contribution in [3.63, 3.8) is 0 Å². The van der Waals surface area contributed by atoms with Gasteiger partial charge in [0, 0.05) is 28.6 Å². The Morgan fingerprint density at radius 3 is 2.51 bits per heavy atom. The van der Waals surface area contributed by atoms with Crippen LogP contribution in [0.5, 0.6) is 0 Å². The largest absolute Gasteiger partial charge is 0.462 e. The lowest BCUT2D eigenvalue weighted by Gasteiger charge is -2.25. The Morgan fingerprint density at radius 1 is 0.927 bits per heavy atom. The van der Waals surface area contributed by atoms with Crippen LogP contribution in [0.2, 0.25) is 5.02 Å². The molecule has 0 aliphatic heterocycles. The molecule has 208 valence electrons. The lowest BCUT2D eigenvalue weighted by atomic mass is 9.94. The molecular formula is C33H31ClN4O3. The summed E-state index contributed by atoms with van der Waals surface area (Å²) < 4.78 is 7.56. The molecule has 5 aromatic rings. The van der Waals surface area contributed by atoms with E-state index in [0.29, 0.717) is 35.5 Å². The van der Waals surface area contributed by atoms with Gasteiger partial charge in [0.1, 0.15) is 11.5 Å². The summed E-state index contributed by atoms with van der Waals surface area (Å²) in [5.41, 5.74) is 5.33. The monoisotopic (exact) mass is 566 g/mol. The molecule has 0 bridgehead atoms. The van der Waals surface area contributed by atoms with Crippen molar-refractivity contribution in [3.8, 4) is 11.4 Å². The second-order valence-corrected chi connectivity index (χ2v) is 10.9. The van der Waals surface area contributed by atoms with Gasteiger partial charge in [0.2, 0.25) is 0 Å². The summed E-state index contributed by atoms with van der Waals surface area (Å²) in [6.45, 7) is 2.52. The highest BCUT2D eigenvalue weighted by atomic mass is 35.5. The Labute approximate surface area is 243 Å². The zero-order chi connectivity index (χ0) is 28.3. The van der Waals surface area contributed by atoms with Crippen molar-refractivity contribution in [2.45, 2.75) is 51.6 Å². The molecule has 0 spiro atoms. The van der Waals surface area contributed by atoms with Crippen LogP contribution in [-0.4, -0.2) is 33.0 Å². The fraction of sp³-hybridized carbons (Fsp3) is 0.273. The number of hydrogen-bond acceptors (Lipinski definition) is 5. The molecule has 7 nitrogen and oxygen atoms in total. The molecule has 0 saturated heterocycles. The number of carbonyl (C=O) groups excluding carboxylic acids is 2. The topological polar surface area (TPSA) is 86.1 Å². The van der Waals surface area contributed by atoms with E-state index in [-0.39, 0.29) is 11.9 Å². The van der Waals surface area contributed by atoms with Gasteiger partial charge in [-0.2, -0.15) is 0 Å². The highest BCUT2D eigenvalue weighted by Crippen LogP contribution is 2.37. The van der Waals surface area contributed by atoms with Gasteiger partial charge in [-0.05, 0) is 79.9 Å². The van der Waals surface area contributed by atoms with Crippen molar-refractivity contribution in [1.29, 1.82) is 0 Å². The first-order valence-electron chi connectivity index (χ1n) is 14.1. The normalized spacial score (nSPS) is 13.9. The number of aromatic nitrogens is 3. The second-order valence-electron chi connectivity index (χ2n) is 10.4. The fourth-order valence-corrected chi connectivity index (χ4v) is 5.74. The standard InChI is InChI=1S/C33H31ClN4O3/c1-2-41-33(40)24-12-17-30-29(19-24)37-31(38(30)26-6-4-3-5-7-26)23-11-15-27-22(18-23)10-16-28(36-27)32(39)35-20-21-8-13-25(34)14-9-21/h8-19,26H,2-7,20H2,1H3,(H,35,39). The van der Waals surface area contributed by atoms with Crippen molar-refractivity contribution >= 4 is 45.4 Å². The van der Waals surface area contributed by atoms with E-state index < -0.39 is 0 Å². The summed E-state index contributed by atoms with van der Waals surface area (Å²) in [5, 5.41) is 4.51. The number of pyridine rings is 1. The fourth-order valence-electron chi connectivity index (χ4n) is 5.62. The van der Waals surface area contributed by atoms with Gasteiger partial charge in [-0.3, -0.25) is 4.79 Å². The van der Waals surface area contributed by atoms with Crippen molar-refractivity contribution in [2.24, 2.45) is 0 Å². The van der Waals surface area contributed by atoms with Crippen LogP contribution < -0.4 is 5.32 Å². The molecule has 8 heteroatoms. The van der Waals surface area contributed by atoms with Crippen LogP contribution in [-0.2, 0) is 11.3 Å². The van der Waals surface area contributed by atoms with E-state index in [0.717, 1.165) is 51.7 Å². The van der Waals surface area contributed by atoms with Gasteiger partial charge in [0.25, 0.3) is 5.91 Å². The van der Waals surface area contributed by atoms with Crippen LogP contribution >= 0.6 is 11.6 Å². The second kappa shape index (κ2) is 11.7. The Morgan fingerprint density at radius 2 is 1.73 bits per heavy atom. The van der Waals surface area contributed by atoms with Crippen LogP contribution in [0.25, 0.3) is 33.3 Å². The van der Waals surface area contributed by atoms with Gasteiger partial charge in [-0.25, -0.2) is 14.8 Å². The third kappa shape index (κ3) is 5.68. The van der Waals surface area contributed by atoms with Crippen molar-refractivity contribution in [3.05, 3.63) is 94.6 Å². The Balaban J connectivity index is 1.32. The molecule has 0 radical (unpaired) electrons. The van der Waals surface area contributed by atoms with Crippen LogP contribution in [0, 0.1) is 0 Å². The minimum Gasteiger partial charge on any atom is -0.462 e. The molecule has 0 atom stereocenters. The number of esters is 1. The summed E-state index contributed by atoms with van der Waals surface area (Å²) in [6, 6.07) is 23.1. The number of amides is 1. The van der Waals surface area contributed by atoms with Crippen LogP contribution in [0.4, 0.5) is 0 Å². The number of benzene rings is 3. The Bertz CT molecular complexity index is 1740. The molecule has 1 N–H and O–H groups in total. The van der Waals surface area contributed by atoms with E-state index in [1.54, 1.807) is 25.1 Å². The van der Waals surface area contributed by atoms with E-state index in [1.165, 1.54) is 19.3 Å². The smallest absolute Gasteiger partial charge is 0.338 e. The molecule has 1 saturated carbocycles. The third-order valence-electron chi connectivity index (χ3n) is 7.69. The summed E-state index contributed by atoms with van der Waals surface area (Å²) in [6.07, 6.45) is 5.83. The zero-order valence-electron chi connectivity index (χ0n) is 22.9. The maximum Gasteiger partial charge on any atom is 0.338 e. The Hall–Kier alpha value is -4.23. The van der Waals surface area contributed by atoms with Gasteiger partial charge in [0.15, 0.2) is 0 Å². The van der Waals surface area contributed by atoms with Crippen molar-refractivity contribution < 1.29 is 14.3 Å². The summed E-state index contributed by atoms with van der Waals surface area (Å²) in [7, 11) is 0. The minimum absolute atomic E-state index is 0.234. The van der Waals surface area contributed by atoms with E-state index in [9.17, 15) is 9.59 Å². The highest BCUT2D eigenvalue weighted by molar-refractivity contribution is 6.30. The quantitative estimate of drug-likeness (QED) is 0.206. The predicted molar refractivity (Wildman–Crippen MR) is 161 cm³/mol. The van der Waals surface area contributed by atoms with E-state index in [1.807, 2.05) is 48.5 Å². The van der Waals surface area contributed by atoms with Gasteiger partial charge < -0.3 is 14.6 Å². The number of carbonyl (C=O) groups is 2. The van der Waals surface area contributed by atoms with E-state index >= 15 is 0 Å². The van der Waals surface area contributed by atoms with Crippen molar-refractivity contribution in [1.82, 2.24) is 19.9 Å². The lowest BCUT2D eigenvalue weighted by molar-refractivity contribution is 0.0526. The number of hydrogen-bond donors (Lipinski definition) is 1. The first kappa shape index (κ1) is 27.0. The number of imidazole rings is 1. The summed E-state index contributed by atoms with van der Waals surface area (Å²) in [4.78, 5) is 34.9. The molecular weight excluding hydrogens is 536 g/mol. The molecule has 2 heterocycles. The molecule has 2 aromatic heterocycles. The van der Waals surface area contributed by atoms with Gasteiger partial charge in [-0.1, -0.05) is 49.1 Å². The molecule has 1 aliphatic carbocycles. The Kier molecular flexibility index (Phi) is 7.70. The van der Waals surface area contributed by atoms with E-state index in [4.69, 9.17) is 21.3 Å². The first-order valence-corrected chi connectivity index (χ1v) is 14.5. The summed E-state index contributed by atoms with van der Waals surface area (Å²) in [5.74, 6) is 0.301. The van der Waals surface area contributed by atoms with Gasteiger partial charge in [0.05, 0.1) is 28.7 Å². The van der Waals surface area contributed by atoms with Gasteiger partial charge in [-0.15, -0.1) is 0 Å². The first-order chi connectivity index (χ1) is 20.0. The van der Waals surface area contributed by atoms with E-state index in [2.05, 4.69) is 20.9 Å². The van der Waals surface area contributed by atoms with Crippen LogP contribution in [0.3, 0.4) is 0 Å². The lowest BCUT2D eigenvalue weighted by Crippen LogP contribution is -2.23. The average Bonchev–Trinajstić information content (AvgIpc) is 3.39. The number of fused-ring (bicyclic) bond motifs is 2. The highest BCUT2D eigenvalue weighted by Gasteiger charge is 2.23. The number of ether oxygens (including phenoxy) is 1. The van der Waals surface area contributed by atoms with Crippen LogP contribution in [0.15, 0.2) is 72.8 Å². The molecule has 41 heavy (non-hydrogen) atoms. The third-order valence-corrected chi connectivity index (χ3v) is 7.94. The maximum atomic E-state index is 12.8. The average molecular weight is 567 g/mol. The minimum atomic E-state index is -0.340. The molecule has 1 amide bonds. The van der Waals surface area contributed by atoms with Crippen LogP contribution in [0.1, 0.15) is 71.5 Å².